The number of aryl methyl sites for hydroxylation is 2. The van der Waals surface area contributed by atoms with E-state index in [-0.39, 0.29) is 5.69 Å². The summed E-state index contributed by atoms with van der Waals surface area (Å²) in [7, 11) is 0. The van der Waals surface area contributed by atoms with Gasteiger partial charge in [0, 0.05) is 6.54 Å². The molecule has 0 aliphatic heterocycles. The van der Waals surface area contributed by atoms with Crippen LogP contribution in [0.25, 0.3) is 0 Å². The summed E-state index contributed by atoms with van der Waals surface area (Å²) in [5.74, 6) is -0.171. The Morgan fingerprint density at radius 3 is 2.72 bits per heavy atom. The third-order valence-electron chi connectivity index (χ3n) is 2.96. The van der Waals surface area contributed by atoms with Crippen LogP contribution < -0.4 is 0 Å². The first kappa shape index (κ1) is 12.4. The van der Waals surface area contributed by atoms with Crippen molar-refractivity contribution < 1.29 is 9.90 Å². The molecule has 1 aromatic carbocycles. The van der Waals surface area contributed by atoms with E-state index in [1.807, 2.05) is 25.1 Å². The molecule has 0 saturated carbocycles. The maximum Gasteiger partial charge on any atom is 0.354 e. The minimum atomic E-state index is -0.921. The van der Waals surface area contributed by atoms with Gasteiger partial charge in [0.2, 0.25) is 0 Å². The second kappa shape index (κ2) is 5.49. The van der Waals surface area contributed by atoms with E-state index in [1.165, 1.54) is 11.8 Å². The van der Waals surface area contributed by atoms with Crippen LogP contribution >= 0.6 is 0 Å². The van der Waals surface area contributed by atoms with Crippen molar-refractivity contribution in [2.24, 2.45) is 0 Å². The molecule has 4 nitrogen and oxygen atoms in total. The van der Waals surface area contributed by atoms with Crippen LogP contribution in [0.4, 0.5) is 0 Å². The summed E-state index contributed by atoms with van der Waals surface area (Å²) in [5, 5.41) is 9.03. The number of carboxylic acid groups (broad SMARTS) is 1. The molecular weight excluding hydrogens is 228 g/mol. The van der Waals surface area contributed by atoms with Crippen LogP contribution in [-0.4, -0.2) is 20.6 Å². The first-order valence-electron chi connectivity index (χ1n) is 5.98. The molecule has 0 fully saturated rings. The average molecular weight is 244 g/mol. The van der Waals surface area contributed by atoms with Gasteiger partial charge >= 0.3 is 5.97 Å². The maximum atomic E-state index is 11.0. The van der Waals surface area contributed by atoms with E-state index in [4.69, 9.17) is 5.11 Å². The molecule has 1 N–H and O–H groups in total. The fourth-order valence-corrected chi connectivity index (χ4v) is 2.01. The largest absolute Gasteiger partial charge is 0.477 e. The average Bonchev–Trinajstić information content (AvgIpc) is 2.73. The highest BCUT2D eigenvalue weighted by atomic mass is 16.4. The van der Waals surface area contributed by atoms with Crippen LogP contribution in [0, 0.1) is 6.92 Å². The third kappa shape index (κ3) is 2.77. The van der Waals surface area contributed by atoms with Crippen molar-refractivity contribution in [2.75, 3.05) is 0 Å². The Hall–Kier alpha value is -2.10. The number of carbonyl (C=O) groups is 1. The Kier molecular flexibility index (Phi) is 3.77. The van der Waals surface area contributed by atoms with Gasteiger partial charge in [0.25, 0.3) is 0 Å². The molecule has 0 aliphatic rings. The lowest BCUT2D eigenvalue weighted by molar-refractivity contribution is 0.0684. The van der Waals surface area contributed by atoms with Crippen molar-refractivity contribution in [1.29, 1.82) is 0 Å². The molecule has 0 atom stereocenters. The monoisotopic (exact) mass is 244 g/mol. The van der Waals surface area contributed by atoms with Crippen LogP contribution in [0.5, 0.6) is 0 Å². The van der Waals surface area contributed by atoms with Crippen LogP contribution in [0.2, 0.25) is 0 Å². The normalized spacial score (nSPS) is 10.5. The zero-order valence-corrected chi connectivity index (χ0v) is 10.3. The lowest BCUT2D eigenvalue weighted by Crippen LogP contribution is -2.10. The minimum Gasteiger partial charge on any atom is -0.477 e. The summed E-state index contributed by atoms with van der Waals surface area (Å²) in [4.78, 5) is 15.1. The fraction of sp³-hybridized carbons (Fsp3) is 0.286. The van der Waals surface area contributed by atoms with Gasteiger partial charge in [-0.1, -0.05) is 30.3 Å². The van der Waals surface area contributed by atoms with Gasteiger partial charge in [0.1, 0.15) is 11.5 Å². The van der Waals surface area contributed by atoms with E-state index < -0.39 is 5.97 Å². The topological polar surface area (TPSA) is 55.1 Å². The highest BCUT2D eigenvalue weighted by Gasteiger charge is 2.12. The maximum absolute atomic E-state index is 11.0. The molecule has 2 aromatic rings. The molecular formula is C14H16N2O2. The van der Waals surface area contributed by atoms with Crippen molar-refractivity contribution in [3.05, 3.63) is 53.6 Å². The molecule has 18 heavy (non-hydrogen) atoms. The zero-order chi connectivity index (χ0) is 13.0. The second-order valence-corrected chi connectivity index (χ2v) is 4.24. The number of aromatic carboxylic acids is 1. The summed E-state index contributed by atoms with van der Waals surface area (Å²) in [6, 6.07) is 10.2. The first-order chi connectivity index (χ1) is 8.68. The lowest BCUT2D eigenvalue weighted by atomic mass is 10.1. The molecule has 0 aliphatic carbocycles. The quantitative estimate of drug-likeness (QED) is 0.879. The van der Waals surface area contributed by atoms with Gasteiger partial charge < -0.3 is 9.67 Å². The molecule has 2 rings (SSSR count). The van der Waals surface area contributed by atoms with Crippen LogP contribution in [-0.2, 0) is 13.0 Å². The molecule has 1 heterocycles. The van der Waals surface area contributed by atoms with E-state index in [0.717, 1.165) is 18.7 Å². The number of imidazole rings is 1. The molecule has 0 amide bonds. The van der Waals surface area contributed by atoms with E-state index >= 15 is 0 Å². The SMILES string of the molecule is Cc1ncc(C(=O)O)n1CCCc1ccccc1. The number of nitrogens with zero attached hydrogens (tertiary/aromatic N) is 2. The first-order valence-corrected chi connectivity index (χ1v) is 5.98. The smallest absolute Gasteiger partial charge is 0.354 e. The van der Waals surface area contributed by atoms with Gasteiger partial charge in [-0.3, -0.25) is 0 Å². The van der Waals surface area contributed by atoms with Crippen molar-refractivity contribution in [1.82, 2.24) is 9.55 Å². The molecule has 94 valence electrons. The molecule has 0 spiro atoms. The third-order valence-corrected chi connectivity index (χ3v) is 2.96. The Balaban J connectivity index is 1.98. The van der Waals surface area contributed by atoms with Crippen LogP contribution in [0.1, 0.15) is 28.3 Å². The van der Waals surface area contributed by atoms with Gasteiger partial charge in [0.05, 0.1) is 6.20 Å². The summed E-state index contributed by atoms with van der Waals surface area (Å²) in [6.45, 7) is 2.51. The summed E-state index contributed by atoms with van der Waals surface area (Å²) in [5.41, 5.74) is 1.53. The fourth-order valence-electron chi connectivity index (χ4n) is 2.01. The molecule has 0 bridgehead atoms. The molecule has 0 saturated heterocycles. The Morgan fingerprint density at radius 2 is 2.06 bits per heavy atom. The summed E-state index contributed by atoms with van der Waals surface area (Å²) in [6.07, 6.45) is 3.26. The number of hydrogen-bond donors (Lipinski definition) is 1. The van der Waals surface area contributed by atoms with Crippen molar-refractivity contribution in [2.45, 2.75) is 26.3 Å². The van der Waals surface area contributed by atoms with E-state index in [2.05, 4.69) is 17.1 Å². The van der Waals surface area contributed by atoms with Gasteiger partial charge in [-0.05, 0) is 25.3 Å². The predicted octanol–water partition coefficient (Wildman–Crippen LogP) is 2.52. The summed E-state index contributed by atoms with van der Waals surface area (Å²) >= 11 is 0. The van der Waals surface area contributed by atoms with E-state index in [9.17, 15) is 4.79 Å². The number of hydrogen-bond acceptors (Lipinski definition) is 2. The molecule has 0 unspecified atom stereocenters. The number of rotatable bonds is 5. The van der Waals surface area contributed by atoms with Crippen LogP contribution in [0.15, 0.2) is 36.5 Å². The Labute approximate surface area is 106 Å². The number of carboxylic acids is 1. The Bertz CT molecular complexity index is 532. The van der Waals surface area contributed by atoms with Crippen LogP contribution in [0.3, 0.4) is 0 Å². The summed E-state index contributed by atoms with van der Waals surface area (Å²) < 4.78 is 1.76. The van der Waals surface area contributed by atoms with Gasteiger partial charge in [-0.2, -0.15) is 0 Å². The van der Waals surface area contributed by atoms with E-state index in [1.54, 1.807) is 4.57 Å². The highest BCUT2D eigenvalue weighted by molar-refractivity contribution is 5.85. The van der Waals surface area contributed by atoms with Crippen molar-refractivity contribution in [3.63, 3.8) is 0 Å². The zero-order valence-electron chi connectivity index (χ0n) is 10.3. The number of aromatic nitrogens is 2. The Morgan fingerprint density at radius 1 is 1.33 bits per heavy atom. The highest BCUT2D eigenvalue weighted by Crippen LogP contribution is 2.09. The van der Waals surface area contributed by atoms with Crippen molar-refractivity contribution in [3.8, 4) is 0 Å². The molecule has 0 radical (unpaired) electrons. The lowest BCUT2D eigenvalue weighted by Gasteiger charge is -2.07. The molecule has 4 heteroatoms. The molecule has 1 aromatic heterocycles. The second-order valence-electron chi connectivity index (χ2n) is 4.24. The van der Waals surface area contributed by atoms with E-state index in [0.29, 0.717) is 6.54 Å². The van der Waals surface area contributed by atoms with Gasteiger partial charge in [-0.15, -0.1) is 0 Å². The van der Waals surface area contributed by atoms with Gasteiger partial charge in [-0.25, -0.2) is 9.78 Å². The number of benzene rings is 1. The minimum absolute atomic E-state index is 0.264. The standard InChI is InChI=1S/C14H16N2O2/c1-11-15-10-13(14(17)18)16(11)9-5-8-12-6-3-2-4-7-12/h2-4,6-7,10H,5,8-9H2,1H3,(H,17,18). The van der Waals surface area contributed by atoms with Crippen molar-refractivity contribution >= 4 is 5.97 Å². The predicted molar refractivity (Wildman–Crippen MR) is 68.7 cm³/mol. The van der Waals surface area contributed by atoms with Gasteiger partial charge in [0.15, 0.2) is 0 Å².